The minimum Gasteiger partial charge on any atom is -0.298 e. The van der Waals surface area contributed by atoms with Crippen molar-refractivity contribution in [1.29, 1.82) is 0 Å². The first-order chi connectivity index (χ1) is 5.95. The smallest absolute Gasteiger partial charge is 0.238 e. The van der Waals surface area contributed by atoms with Crippen LogP contribution in [0.1, 0.15) is 10.4 Å². The predicted octanol–water partition coefficient (Wildman–Crippen LogP) is 0.800. The van der Waals surface area contributed by atoms with Gasteiger partial charge in [-0.1, -0.05) is 11.6 Å². The molecule has 13 heavy (non-hydrogen) atoms. The van der Waals surface area contributed by atoms with Crippen molar-refractivity contribution in [3.63, 3.8) is 0 Å². The SMILES string of the molecule is NS(=O)(=O)c1ccc(C=O)c(Cl)c1. The normalized spacial score (nSPS) is 11.2. The summed E-state index contributed by atoms with van der Waals surface area (Å²) in [6.07, 6.45) is 0.537. The predicted molar refractivity (Wildman–Crippen MR) is 48.2 cm³/mol. The van der Waals surface area contributed by atoms with Crippen LogP contribution in [0.5, 0.6) is 0 Å². The Kier molecular flexibility index (Phi) is 2.70. The van der Waals surface area contributed by atoms with E-state index in [-0.39, 0.29) is 15.5 Å². The molecule has 0 fully saturated rings. The number of aldehydes is 1. The average molecular weight is 220 g/mol. The van der Waals surface area contributed by atoms with E-state index >= 15 is 0 Å². The van der Waals surface area contributed by atoms with Crippen molar-refractivity contribution in [3.8, 4) is 0 Å². The molecule has 6 heteroatoms. The quantitative estimate of drug-likeness (QED) is 0.748. The van der Waals surface area contributed by atoms with E-state index in [0.717, 1.165) is 6.07 Å². The Morgan fingerprint density at radius 1 is 1.38 bits per heavy atom. The number of hydrogen-bond donors (Lipinski definition) is 1. The van der Waals surface area contributed by atoms with Crippen LogP contribution in [0, 0.1) is 0 Å². The molecule has 0 aliphatic rings. The van der Waals surface area contributed by atoms with Crippen LogP contribution >= 0.6 is 11.6 Å². The lowest BCUT2D eigenvalue weighted by atomic mass is 10.2. The summed E-state index contributed by atoms with van der Waals surface area (Å²) < 4.78 is 21.6. The molecule has 0 saturated carbocycles. The van der Waals surface area contributed by atoms with Gasteiger partial charge < -0.3 is 0 Å². The Balaban J connectivity index is 3.34. The molecule has 2 N–H and O–H groups in total. The van der Waals surface area contributed by atoms with Crippen molar-refractivity contribution in [2.45, 2.75) is 4.90 Å². The molecule has 1 rings (SSSR count). The van der Waals surface area contributed by atoms with Crippen molar-refractivity contribution in [1.82, 2.24) is 0 Å². The fraction of sp³-hybridized carbons (Fsp3) is 0. The summed E-state index contributed by atoms with van der Waals surface area (Å²) in [5, 5.41) is 4.91. The highest BCUT2D eigenvalue weighted by Gasteiger charge is 2.09. The van der Waals surface area contributed by atoms with E-state index in [1.807, 2.05) is 0 Å². The molecule has 0 bridgehead atoms. The van der Waals surface area contributed by atoms with Crippen LogP contribution in [-0.4, -0.2) is 14.7 Å². The van der Waals surface area contributed by atoms with Gasteiger partial charge in [0.1, 0.15) is 0 Å². The molecule has 0 atom stereocenters. The molecule has 1 aromatic carbocycles. The summed E-state index contributed by atoms with van der Waals surface area (Å²) in [4.78, 5) is 10.2. The lowest BCUT2D eigenvalue weighted by molar-refractivity contribution is 0.112. The molecular formula is C7H6ClNO3S. The summed E-state index contributed by atoms with van der Waals surface area (Å²) >= 11 is 5.58. The number of primary sulfonamides is 1. The van der Waals surface area contributed by atoms with Gasteiger partial charge in [0, 0.05) is 5.56 Å². The first-order valence-corrected chi connectivity index (χ1v) is 5.15. The van der Waals surface area contributed by atoms with Gasteiger partial charge in [-0.2, -0.15) is 0 Å². The second kappa shape index (κ2) is 3.45. The van der Waals surface area contributed by atoms with Crippen LogP contribution in [0.3, 0.4) is 0 Å². The van der Waals surface area contributed by atoms with Gasteiger partial charge in [0.25, 0.3) is 0 Å². The van der Waals surface area contributed by atoms with Crippen molar-refractivity contribution >= 4 is 27.9 Å². The van der Waals surface area contributed by atoms with Crippen LogP contribution in [0.2, 0.25) is 5.02 Å². The van der Waals surface area contributed by atoms with Crippen LogP contribution in [-0.2, 0) is 10.0 Å². The molecule has 0 amide bonds. The summed E-state index contributed by atoms with van der Waals surface area (Å²) in [6, 6.07) is 3.67. The monoisotopic (exact) mass is 219 g/mol. The molecule has 0 unspecified atom stereocenters. The molecule has 1 aromatic rings. The standard InChI is InChI=1S/C7H6ClNO3S/c8-7-3-6(13(9,11)12)2-1-5(7)4-10/h1-4H,(H2,9,11,12). The zero-order valence-electron chi connectivity index (χ0n) is 6.40. The third-order valence-electron chi connectivity index (χ3n) is 1.43. The van der Waals surface area contributed by atoms with E-state index in [9.17, 15) is 13.2 Å². The highest BCUT2D eigenvalue weighted by molar-refractivity contribution is 7.89. The van der Waals surface area contributed by atoms with Crippen molar-refractivity contribution in [2.75, 3.05) is 0 Å². The van der Waals surface area contributed by atoms with Crippen molar-refractivity contribution < 1.29 is 13.2 Å². The van der Waals surface area contributed by atoms with Gasteiger partial charge >= 0.3 is 0 Å². The molecule has 70 valence electrons. The van der Waals surface area contributed by atoms with E-state index in [4.69, 9.17) is 16.7 Å². The molecular weight excluding hydrogens is 214 g/mol. The zero-order chi connectivity index (χ0) is 10.1. The van der Waals surface area contributed by atoms with Crippen molar-refractivity contribution in [3.05, 3.63) is 28.8 Å². The summed E-state index contributed by atoms with van der Waals surface area (Å²) in [6.45, 7) is 0. The average Bonchev–Trinajstić information content (AvgIpc) is 2.02. The van der Waals surface area contributed by atoms with E-state index in [2.05, 4.69) is 0 Å². The number of halogens is 1. The minimum atomic E-state index is -3.75. The highest BCUT2D eigenvalue weighted by atomic mass is 35.5. The topological polar surface area (TPSA) is 77.2 Å². The Bertz CT molecular complexity index is 441. The number of nitrogens with two attached hydrogens (primary N) is 1. The molecule has 0 aliphatic heterocycles. The molecule has 0 radical (unpaired) electrons. The van der Waals surface area contributed by atoms with Crippen LogP contribution in [0.4, 0.5) is 0 Å². The van der Waals surface area contributed by atoms with Gasteiger partial charge in [-0.25, -0.2) is 13.6 Å². The number of carbonyl (C=O) groups excluding carboxylic acids is 1. The van der Waals surface area contributed by atoms with Gasteiger partial charge in [0.2, 0.25) is 10.0 Å². The Labute approximate surface area is 80.4 Å². The number of sulfonamides is 1. The molecule has 4 nitrogen and oxygen atoms in total. The van der Waals surface area contributed by atoms with Crippen LogP contribution in [0.15, 0.2) is 23.1 Å². The Morgan fingerprint density at radius 3 is 2.38 bits per heavy atom. The molecule has 0 heterocycles. The molecule has 0 spiro atoms. The first kappa shape index (κ1) is 10.2. The maximum absolute atomic E-state index is 10.8. The lowest BCUT2D eigenvalue weighted by Gasteiger charge is -1.99. The summed E-state index contributed by atoms with van der Waals surface area (Å²) in [5.41, 5.74) is 0.231. The summed E-state index contributed by atoms with van der Waals surface area (Å²) in [7, 11) is -3.75. The fourth-order valence-corrected chi connectivity index (χ4v) is 1.61. The van der Waals surface area contributed by atoms with Gasteiger partial charge in [0.15, 0.2) is 6.29 Å². The maximum atomic E-state index is 10.8. The Morgan fingerprint density at radius 2 is 2.00 bits per heavy atom. The van der Waals surface area contributed by atoms with Gasteiger partial charge in [-0.3, -0.25) is 4.79 Å². The van der Waals surface area contributed by atoms with Gasteiger partial charge in [0.05, 0.1) is 9.92 Å². The van der Waals surface area contributed by atoms with E-state index < -0.39 is 10.0 Å². The maximum Gasteiger partial charge on any atom is 0.238 e. The van der Waals surface area contributed by atoms with E-state index in [0.29, 0.717) is 6.29 Å². The second-order valence-corrected chi connectivity index (χ2v) is 4.31. The number of benzene rings is 1. The van der Waals surface area contributed by atoms with Gasteiger partial charge in [-0.15, -0.1) is 0 Å². The van der Waals surface area contributed by atoms with E-state index in [1.54, 1.807) is 0 Å². The summed E-state index contributed by atoms with van der Waals surface area (Å²) in [5.74, 6) is 0. The fourth-order valence-electron chi connectivity index (χ4n) is 0.780. The number of carbonyl (C=O) groups is 1. The van der Waals surface area contributed by atoms with Crippen LogP contribution < -0.4 is 5.14 Å². The van der Waals surface area contributed by atoms with Crippen molar-refractivity contribution in [2.24, 2.45) is 5.14 Å². The second-order valence-electron chi connectivity index (χ2n) is 2.35. The number of rotatable bonds is 2. The minimum absolute atomic E-state index is 0.0709. The zero-order valence-corrected chi connectivity index (χ0v) is 7.97. The lowest BCUT2D eigenvalue weighted by Crippen LogP contribution is -2.12. The third kappa shape index (κ3) is 2.27. The van der Waals surface area contributed by atoms with E-state index in [1.165, 1.54) is 12.1 Å². The highest BCUT2D eigenvalue weighted by Crippen LogP contribution is 2.18. The number of hydrogen-bond acceptors (Lipinski definition) is 3. The molecule has 0 aliphatic carbocycles. The molecule has 0 saturated heterocycles. The third-order valence-corrected chi connectivity index (χ3v) is 2.67. The molecule has 0 aromatic heterocycles. The largest absolute Gasteiger partial charge is 0.298 e. The van der Waals surface area contributed by atoms with Gasteiger partial charge in [-0.05, 0) is 18.2 Å². The van der Waals surface area contributed by atoms with Crippen LogP contribution in [0.25, 0.3) is 0 Å². The Hall–Kier alpha value is -0.910. The first-order valence-electron chi connectivity index (χ1n) is 3.22.